The number of benzene rings is 1. The zero-order valence-corrected chi connectivity index (χ0v) is 17.2. The first kappa shape index (κ1) is 19.1. The highest BCUT2D eigenvalue weighted by atomic mass is 16.1. The number of anilines is 1. The highest BCUT2D eigenvalue weighted by Crippen LogP contribution is 2.55. The molecule has 0 aliphatic heterocycles. The lowest BCUT2D eigenvalue weighted by Gasteiger charge is -2.56. The maximum absolute atomic E-state index is 12.8. The van der Waals surface area contributed by atoms with Crippen molar-refractivity contribution in [2.45, 2.75) is 70.8 Å². The van der Waals surface area contributed by atoms with Crippen molar-refractivity contribution < 1.29 is 4.79 Å². The molecule has 28 heavy (non-hydrogen) atoms. The molecule has 1 aromatic rings. The number of amides is 1. The third-order valence-corrected chi connectivity index (χ3v) is 7.09. The van der Waals surface area contributed by atoms with Crippen LogP contribution in [0.15, 0.2) is 30.0 Å². The quantitative estimate of drug-likeness (QED) is 0.559. The molecule has 0 saturated heterocycles. The Bertz CT molecular complexity index is 811. The van der Waals surface area contributed by atoms with Gasteiger partial charge >= 0.3 is 0 Å². The summed E-state index contributed by atoms with van der Waals surface area (Å²) in [7, 11) is 0. The van der Waals surface area contributed by atoms with Crippen molar-refractivity contribution in [2.75, 3.05) is 5.32 Å². The summed E-state index contributed by atoms with van der Waals surface area (Å²) in [6, 6.07) is 8.15. The van der Waals surface area contributed by atoms with Gasteiger partial charge in [-0.25, -0.2) is 0 Å². The summed E-state index contributed by atoms with van der Waals surface area (Å²) < 4.78 is 0. The molecule has 1 amide bonds. The van der Waals surface area contributed by atoms with E-state index in [1.165, 1.54) is 38.5 Å². The fourth-order valence-electron chi connectivity index (χ4n) is 6.18. The summed E-state index contributed by atoms with van der Waals surface area (Å²) >= 11 is 0. The van der Waals surface area contributed by atoms with Crippen molar-refractivity contribution in [3.63, 3.8) is 0 Å². The van der Waals surface area contributed by atoms with Gasteiger partial charge in [-0.05, 0) is 80.2 Å². The second-order valence-electron chi connectivity index (χ2n) is 9.66. The monoisotopic (exact) mass is 377 g/mol. The van der Waals surface area contributed by atoms with Crippen LogP contribution in [-0.4, -0.2) is 11.4 Å². The summed E-state index contributed by atoms with van der Waals surface area (Å²) in [5, 5.41) is 16.2. The lowest BCUT2D eigenvalue weighted by Crippen LogP contribution is -2.57. The first-order valence-corrected chi connectivity index (χ1v) is 10.7. The minimum atomic E-state index is -0.323. The van der Waals surface area contributed by atoms with E-state index in [0.717, 1.165) is 34.6 Å². The van der Waals surface area contributed by atoms with Crippen molar-refractivity contribution in [1.29, 1.82) is 5.26 Å². The predicted octanol–water partition coefficient (Wildman–Crippen LogP) is 5.02. The second kappa shape index (κ2) is 7.28. The van der Waals surface area contributed by atoms with Crippen LogP contribution in [0.2, 0.25) is 0 Å². The van der Waals surface area contributed by atoms with E-state index in [2.05, 4.69) is 30.6 Å². The van der Waals surface area contributed by atoms with E-state index in [4.69, 9.17) is 0 Å². The minimum Gasteiger partial charge on any atom is -0.384 e. The van der Waals surface area contributed by atoms with E-state index in [1.807, 2.05) is 25.1 Å². The molecule has 4 fully saturated rings. The molecule has 5 rings (SSSR count). The Labute approximate surface area is 168 Å². The Kier molecular flexibility index (Phi) is 4.95. The Morgan fingerprint density at radius 3 is 2.32 bits per heavy atom. The Balaban J connectivity index is 1.50. The standard InChI is InChI=1S/C24H31N3O/c1-15(2)21-6-4-5-16(3)22(21)27-23(28)20(13-25)14-26-24-10-17-7-18(11-24)9-19(8-17)12-24/h4-6,14-15,17-19,26H,7-12H2,1-3H3,(H,27,28)/b20-14-. The van der Waals surface area contributed by atoms with Crippen molar-refractivity contribution in [3.05, 3.63) is 41.1 Å². The molecule has 2 N–H and O–H groups in total. The van der Waals surface area contributed by atoms with Gasteiger partial charge in [0.1, 0.15) is 11.6 Å². The van der Waals surface area contributed by atoms with Crippen LogP contribution in [0.4, 0.5) is 5.69 Å². The molecule has 4 nitrogen and oxygen atoms in total. The molecule has 0 radical (unpaired) electrons. The molecule has 148 valence electrons. The minimum absolute atomic E-state index is 0.100. The van der Waals surface area contributed by atoms with Gasteiger partial charge in [-0.3, -0.25) is 4.79 Å². The summed E-state index contributed by atoms with van der Waals surface area (Å²) in [6.45, 7) is 6.21. The second-order valence-corrected chi connectivity index (χ2v) is 9.66. The molecule has 0 spiro atoms. The molecule has 4 aliphatic carbocycles. The van der Waals surface area contributed by atoms with Crippen LogP contribution in [0.3, 0.4) is 0 Å². The van der Waals surface area contributed by atoms with E-state index in [1.54, 1.807) is 6.20 Å². The van der Waals surface area contributed by atoms with Gasteiger partial charge in [0.05, 0.1) is 0 Å². The molecular weight excluding hydrogens is 346 g/mol. The predicted molar refractivity (Wildman–Crippen MR) is 112 cm³/mol. The summed E-state index contributed by atoms with van der Waals surface area (Å²) in [5.41, 5.74) is 3.21. The number of nitrogens with zero attached hydrogens (tertiary/aromatic N) is 1. The number of aryl methyl sites for hydroxylation is 1. The first-order chi connectivity index (χ1) is 13.4. The lowest BCUT2D eigenvalue weighted by atomic mass is 9.53. The van der Waals surface area contributed by atoms with Gasteiger partial charge in [0.2, 0.25) is 0 Å². The van der Waals surface area contributed by atoms with Gasteiger partial charge < -0.3 is 10.6 Å². The smallest absolute Gasteiger partial charge is 0.267 e. The average molecular weight is 378 g/mol. The number of carbonyl (C=O) groups excluding carboxylic acids is 1. The van der Waals surface area contributed by atoms with Crippen LogP contribution in [0.1, 0.15) is 69.4 Å². The van der Waals surface area contributed by atoms with E-state index in [-0.39, 0.29) is 17.0 Å². The fourth-order valence-corrected chi connectivity index (χ4v) is 6.18. The SMILES string of the molecule is Cc1cccc(C(C)C)c1NC(=O)/C(C#N)=C\NC12CC3CC(CC(C3)C1)C2. The normalized spacial score (nSPS) is 31.0. The number of para-hydroxylation sites is 1. The molecule has 0 unspecified atom stereocenters. The number of nitriles is 1. The highest BCUT2D eigenvalue weighted by molar-refractivity contribution is 6.07. The molecule has 0 atom stereocenters. The van der Waals surface area contributed by atoms with Crippen molar-refractivity contribution in [2.24, 2.45) is 17.8 Å². The van der Waals surface area contributed by atoms with Crippen LogP contribution in [-0.2, 0) is 4.79 Å². The topological polar surface area (TPSA) is 64.9 Å². The molecule has 4 saturated carbocycles. The first-order valence-electron chi connectivity index (χ1n) is 10.7. The van der Waals surface area contributed by atoms with Gasteiger partial charge in [-0.1, -0.05) is 32.0 Å². The molecule has 0 aromatic heterocycles. The zero-order chi connectivity index (χ0) is 19.9. The third kappa shape index (κ3) is 3.55. The van der Waals surface area contributed by atoms with Crippen molar-refractivity contribution in [3.8, 4) is 6.07 Å². The lowest BCUT2D eigenvalue weighted by molar-refractivity contribution is -0.112. The fraction of sp³-hybridized carbons (Fsp3) is 0.583. The van der Waals surface area contributed by atoms with E-state index < -0.39 is 0 Å². The van der Waals surface area contributed by atoms with E-state index >= 15 is 0 Å². The molecule has 0 heterocycles. The number of hydrogen-bond donors (Lipinski definition) is 2. The average Bonchev–Trinajstić information content (AvgIpc) is 2.62. The van der Waals surface area contributed by atoms with Crippen LogP contribution in [0, 0.1) is 36.0 Å². The van der Waals surface area contributed by atoms with Gasteiger partial charge in [0.15, 0.2) is 0 Å². The highest BCUT2D eigenvalue weighted by Gasteiger charge is 2.50. The van der Waals surface area contributed by atoms with Gasteiger partial charge in [-0.2, -0.15) is 5.26 Å². The van der Waals surface area contributed by atoms with Crippen LogP contribution >= 0.6 is 0 Å². The summed E-state index contributed by atoms with van der Waals surface area (Å²) in [4.78, 5) is 12.8. The van der Waals surface area contributed by atoms with Crippen LogP contribution in [0.25, 0.3) is 0 Å². The van der Waals surface area contributed by atoms with Gasteiger partial charge in [-0.15, -0.1) is 0 Å². The van der Waals surface area contributed by atoms with Crippen LogP contribution in [0.5, 0.6) is 0 Å². The number of nitrogens with one attached hydrogen (secondary N) is 2. The number of carbonyl (C=O) groups is 1. The van der Waals surface area contributed by atoms with Crippen molar-refractivity contribution >= 4 is 11.6 Å². The maximum atomic E-state index is 12.8. The maximum Gasteiger partial charge on any atom is 0.267 e. The Hall–Kier alpha value is -2.28. The van der Waals surface area contributed by atoms with Crippen LogP contribution < -0.4 is 10.6 Å². The number of hydrogen-bond acceptors (Lipinski definition) is 3. The van der Waals surface area contributed by atoms with Crippen molar-refractivity contribution in [1.82, 2.24) is 5.32 Å². The number of rotatable bonds is 5. The van der Waals surface area contributed by atoms with E-state index in [0.29, 0.717) is 5.92 Å². The van der Waals surface area contributed by atoms with E-state index in [9.17, 15) is 10.1 Å². The molecule has 4 aliphatic rings. The summed E-state index contributed by atoms with van der Waals surface area (Å²) in [5.74, 6) is 2.46. The summed E-state index contributed by atoms with van der Waals surface area (Å²) in [6.07, 6.45) is 9.38. The molecular formula is C24H31N3O. The molecule has 1 aromatic carbocycles. The Morgan fingerprint density at radius 2 is 1.79 bits per heavy atom. The largest absolute Gasteiger partial charge is 0.384 e. The zero-order valence-electron chi connectivity index (χ0n) is 17.2. The van der Waals surface area contributed by atoms with Gasteiger partial charge in [0, 0.05) is 17.4 Å². The molecule has 4 heteroatoms. The Morgan fingerprint density at radius 1 is 1.18 bits per heavy atom. The molecule has 4 bridgehead atoms. The third-order valence-electron chi connectivity index (χ3n) is 7.09. The van der Waals surface area contributed by atoms with Gasteiger partial charge in [0.25, 0.3) is 5.91 Å².